The van der Waals surface area contributed by atoms with Gasteiger partial charge in [0, 0.05) is 15.7 Å². The average Bonchev–Trinajstić information content (AvgIpc) is 3.35. The topological polar surface area (TPSA) is 71.3 Å². The van der Waals surface area contributed by atoms with Crippen molar-refractivity contribution in [1.82, 2.24) is 15.0 Å². The molecule has 1 unspecified atom stereocenters. The summed E-state index contributed by atoms with van der Waals surface area (Å²) in [5, 5.41) is 9.85. The maximum Gasteiger partial charge on any atom is 0.241 e. The summed E-state index contributed by atoms with van der Waals surface area (Å²) in [4.78, 5) is 20.2. The van der Waals surface area contributed by atoms with Gasteiger partial charge in [-0.15, -0.1) is 11.3 Å². The van der Waals surface area contributed by atoms with E-state index in [1.54, 1.807) is 29.5 Å². The van der Waals surface area contributed by atoms with Crippen LogP contribution in [0.1, 0.15) is 18.7 Å². The molecule has 0 bridgehead atoms. The van der Waals surface area contributed by atoms with Crippen LogP contribution in [0.3, 0.4) is 0 Å². The van der Waals surface area contributed by atoms with Crippen molar-refractivity contribution in [2.24, 2.45) is 0 Å². The molecule has 6 nitrogen and oxygen atoms in total. The van der Waals surface area contributed by atoms with Crippen LogP contribution in [0, 0.1) is 0 Å². The molecule has 3 aromatic rings. The summed E-state index contributed by atoms with van der Waals surface area (Å²) in [6.07, 6.45) is 1.70. The number of benzene rings is 1. The van der Waals surface area contributed by atoms with Crippen LogP contribution in [0.15, 0.2) is 40.2 Å². The van der Waals surface area contributed by atoms with Gasteiger partial charge in [-0.1, -0.05) is 34.4 Å². The number of aromatic nitrogens is 2. The molecule has 1 fully saturated rings. The Labute approximate surface area is 170 Å². The highest BCUT2D eigenvalue weighted by molar-refractivity contribution is 7.13. The summed E-state index contributed by atoms with van der Waals surface area (Å²) in [5.74, 6) is 0.987. The van der Waals surface area contributed by atoms with Crippen LogP contribution in [0.2, 0.25) is 10.0 Å². The van der Waals surface area contributed by atoms with Crippen molar-refractivity contribution >= 4 is 46.1 Å². The SMILES string of the molecule is O=C(Nc1cc(Cl)cc(Cl)c1)C1CCCN1Cc1nc(-c2cccs2)no1. The monoisotopic (exact) mass is 422 g/mol. The lowest BCUT2D eigenvalue weighted by Gasteiger charge is -2.22. The van der Waals surface area contributed by atoms with Gasteiger partial charge in [0.15, 0.2) is 0 Å². The Morgan fingerprint density at radius 1 is 1.33 bits per heavy atom. The fraction of sp³-hybridized carbons (Fsp3) is 0.278. The summed E-state index contributed by atoms with van der Waals surface area (Å²) < 4.78 is 5.37. The molecular weight excluding hydrogens is 407 g/mol. The number of hydrogen-bond acceptors (Lipinski definition) is 6. The van der Waals surface area contributed by atoms with Crippen molar-refractivity contribution in [3.8, 4) is 10.7 Å². The number of rotatable bonds is 5. The first kappa shape index (κ1) is 18.4. The van der Waals surface area contributed by atoms with Gasteiger partial charge in [0.05, 0.1) is 17.5 Å². The van der Waals surface area contributed by atoms with Crippen molar-refractivity contribution in [2.45, 2.75) is 25.4 Å². The van der Waals surface area contributed by atoms with Gasteiger partial charge in [-0.25, -0.2) is 0 Å². The second-order valence-corrected chi connectivity index (χ2v) is 8.09. The van der Waals surface area contributed by atoms with E-state index in [4.69, 9.17) is 27.7 Å². The minimum atomic E-state index is -0.264. The zero-order valence-corrected chi connectivity index (χ0v) is 16.5. The van der Waals surface area contributed by atoms with Crippen molar-refractivity contribution < 1.29 is 9.32 Å². The number of anilines is 1. The van der Waals surface area contributed by atoms with E-state index in [0.717, 1.165) is 24.3 Å². The molecule has 0 saturated carbocycles. The number of thiophene rings is 1. The quantitative estimate of drug-likeness (QED) is 0.644. The number of nitrogens with one attached hydrogen (secondary N) is 1. The van der Waals surface area contributed by atoms with E-state index >= 15 is 0 Å². The molecule has 1 atom stereocenters. The molecule has 1 aliphatic rings. The fourth-order valence-electron chi connectivity index (χ4n) is 3.16. The third-order valence-electron chi connectivity index (χ3n) is 4.34. The van der Waals surface area contributed by atoms with E-state index in [1.165, 1.54) is 0 Å². The lowest BCUT2D eigenvalue weighted by molar-refractivity contribution is -0.120. The highest BCUT2D eigenvalue weighted by Gasteiger charge is 2.32. The number of halogens is 2. The Bertz CT molecular complexity index is 925. The second kappa shape index (κ2) is 7.98. The van der Waals surface area contributed by atoms with Gasteiger partial charge in [-0.2, -0.15) is 4.98 Å². The highest BCUT2D eigenvalue weighted by atomic mass is 35.5. The lowest BCUT2D eigenvalue weighted by atomic mass is 10.2. The van der Waals surface area contributed by atoms with E-state index < -0.39 is 0 Å². The van der Waals surface area contributed by atoms with Crippen molar-refractivity contribution in [2.75, 3.05) is 11.9 Å². The van der Waals surface area contributed by atoms with Gasteiger partial charge in [-0.05, 0) is 49.0 Å². The predicted octanol–water partition coefficient (Wildman–Crippen LogP) is 4.71. The van der Waals surface area contributed by atoms with Crippen LogP contribution >= 0.6 is 34.5 Å². The van der Waals surface area contributed by atoms with Crippen LogP contribution < -0.4 is 5.32 Å². The molecule has 27 heavy (non-hydrogen) atoms. The predicted molar refractivity (Wildman–Crippen MR) is 106 cm³/mol. The number of carbonyl (C=O) groups excluding carboxylic acids is 1. The maximum atomic E-state index is 12.7. The number of carbonyl (C=O) groups is 1. The largest absolute Gasteiger partial charge is 0.338 e. The minimum Gasteiger partial charge on any atom is -0.338 e. The molecular formula is C18H16Cl2N4O2S. The molecule has 140 valence electrons. The molecule has 0 aliphatic carbocycles. The van der Waals surface area contributed by atoms with Gasteiger partial charge in [-0.3, -0.25) is 9.69 Å². The van der Waals surface area contributed by atoms with Gasteiger partial charge >= 0.3 is 0 Å². The summed E-state index contributed by atoms with van der Waals surface area (Å²) in [6.45, 7) is 1.23. The first-order chi connectivity index (χ1) is 13.1. The summed E-state index contributed by atoms with van der Waals surface area (Å²) in [6, 6.07) is 8.60. The van der Waals surface area contributed by atoms with Crippen molar-refractivity contribution in [3.05, 3.63) is 51.6 Å². The third-order valence-corrected chi connectivity index (χ3v) is 5.65. The normalized spacial score (nSPS) is 17.3. The molecule has 1 aliphatic heterocycles. The van der Waals surface area contributed by atoms with E-state index in [-0.39, 0.29) is 11.9 Å². The fourth-order valence-corrected chi connectivity index (χ4v) is 4.34. The number of hydrogen-bond donors (Lipinski definition) is 1. The lowest BCUT2D eigenvalue weighted by Crippen LogP contribution is -2.39. The molecule has 0 spiro atoms. The third kappa shape index (κ3) is 4.32. The Morgan fingerprint density at radius 2 is 2.15 bits per heavy atom. The number of likely N-dealkylation sites (tertiary alicyclic amines) is 1. The Kier molecular flexibility index (Phi) is 5.45. The van der Waals surface area contributed by atoms with E-state index in [2.05, 4.69) is 15.5 Å². The smallest absolute Gasteiger partial charge is 0.241 e. The van der Waals surface area contributed by atoms with Crippen molar-refractivity contribution in [3.63, 3.8) is 0 Å². The average molecular weight is 423 g/mol. The van der Waals surface area contributed by atoms with E-state index in [1.807, 2.05) is 22.4 Å². The van der Waals surface area contributed by atoms with Crippen LogP contribution in [0.25, 0.3) is 10.7 Å². The molecule has 3 heterocycles. The number of nitrogens with zero attached hydrogens (tertiary/aromatic N) is 3. The molecule has 1 amide bonds. The highest BCUT2D eigenvalue weighted by Crippen LogP contribution is 2.26. The van der Waals surface area contributed by atoms with E-state index in [0.29, 0.717) is 34.0 Å². The zero-order valence-electron chi connectivity index (χ0n) is 14.2. The second-order valence-electron chi connectivity index (χ2n) is 6.26. The van der Waals surface area contributed by atoms with Crippen LogP contribution in [0.5, 0.6) is 0 Å². The van der Waals surface area contributed by atoms with Crippen molar-refractivity contribution in [1.29, 1.82) is 0 Å². The Balaban J connectivity index is 1.43. The maximum absolute atomic E-state index is 12.7. The zero-order chi connectivity index (χ0) is 18.8. The van der Waals surface area contributed by atoms with Gasteiger partial charge in [0.25, 0.3) is 0 Å². The van der Waals surface area contributed by atoms with Gasteiger partial charge in [0.1, 0.15) is 0 Å². The standard InChI is InChI=1S/C18H16Cl2N4O2S/c19-11-7-12(20)9-13(8-11)21-18(25)14-3-1-5-24(14)10-16-22-17(23-26-16)15-4-2-6-27-15/h2,4,6-9,14H,1,3,5,10H2,(H,21,25). The van der Waals surface area contributed by atoms with Gasteiger partial charge < -0.3 is 9.84 Å². The molecule has 1 aromatic carbocycles. The summed E-state index contributed by atoms with van der Waals surface area (Å²) in [5.41, 5.74) is 0.585. The first-order valence-corrected chi connectivity index (χ1v) is 10.1. The van der Waals surface area contributed by atoms with E-state index in [9.17, 15) is 4.79 Å². The molecule has 1 N–H and O–H groups in total. The van der Waals surface area contributed by atoms with Crippen LogP contribution in [-0.2, 0) is 11.3 Å². The molecule has 9 heteroatoms. The minimum absolute atomic E-state index is 0.0937. The first-order valence-electron chi connectivity index (χ1n) is 8.46. The Hall–Kier alpha value is -1.93. The Morgan fingerprint density at radius 3 is 2.89 bits per heavy atom. The molecule has 4 rings (SSSR count). The summed E-state index contributed by atoms with van der Waals surface area (Å²) in [7, 11) is 0. The molecule has 2 aromatic heterocycles. The van der Waals surface area contributed by atoms with Gasteiger partial charge in [0.2, 0.25) is 17.6 Å². The summed E-state index contributed by atoms with van der Waals surface area (Å²) >= 11 is 13.6. The number of amides is 1. The van der Waals surface area contributed by atoms with Crippen LogP contribution in [-0.4, -0.2) is 33.5 Å². The molecule has 0 radical (unpaired) electrons. The van der Waals surface area contributed by atoms with Crippen LogP contribution in [0.4, 0.5) is 5.69 Å². The molecule has 1 saturated heterocycles.